The van der Waals surface area contributed by atoms with E-state index < -0.39 is 16.5 Å². The normalized spacial score (nSPS) is 15.1. The minimum Gasteiger partial charge on any atom is -0.462 e. The van der Waals surface area contributed by atoms with Gasteiger partial charge in [-0.05, 0) is 38.8 Å². The summed E-state index contributed by atoms with van der Waals surface area (Å²) < 4.78 is 10.6. The van der Waals surface area contributed by atoms with Crippen molar-refractivity contribution in [2.45, 2.75) is 52.1 Å². The van der Waals surface area contributed by atoms with Crippen LogP contribution < -0.4 is 5.32 Å². The fraction of sp³-hybridized carbons (Fsp3) is 0.600. The average Bonchev–Trinajstić information content (AvgIpc) is 2.66. The molecule has 0 amide bonds. The van der Waals surface area contributed by atoms with Gasteiger partial charge in [-0.2, -0.15) is 0 Å². The SMILES string of the molecule is CCOC(=O)c1cc(CCC(=O)OC(C)(C)C2CC[NH2+]CC2)cc([N+](=O)[O-])c1. The lowest BCUT2D eigenvalue weighted by atomic mass is 9.83. The van der Waals surface area contributed by atoms with Crippen LogP contribution in [-0.4, -0.2) is 42.2 Å². The maximum absolute atomic E-state index is 12.4. The first-order valence-electron chi connectivity index (χ1n) is 9.72. The van der Waals surface area contributed by atoms with E-state index in [1.54, 1.807) is 6.92 Å². The lowest BCUT2D eigenvalue weighted by molar-refractivity contribution is -0.665. The smallest absolute Gasteiger partial charge is 0.338 e. The number of rotatable bonds is 8. The van der Waals surface area contributed by atoms with Crippen LogP contribution in [0.5, 0.6) is 0 Å². The molecule has 0 spiro atoms. The van der Waals surface area contributed by atoms with Crippen molar-refractivity contribution in [2.75, 3.05) is 19.7 Å². The van der Waals surface area contributed by atoms with Gasteiger partial charge in [-0.25, -0.2) is 4.79 Å². The molecule has 1 fully saturated rings. The number of nitro groups is 1. The Balaban J connectivity index is 2.03. The number of benzene rings is 1. The van der Waals surface area contributed by atoms with Gasteiger partial charge >= 0.3 is 11.9 Å². The quantitative estimate of drug-likeness (QED) is 0.411. The fourth-order valence-electron chi connectivity index (χ4n) is 3.55. The van der Waals surface area contributed by atoms with Crippen molar-refractivity contribution in [1.82, 2.24) is 0 Å². The number of piperidine rings is 1. The third-order valence-electron chi connectivity index (χ3n) is 5.12. The van der Waals surface area contributed by atoms with E-state index >= 15 is 0 Å². The van der Waals surface area contributed by atoms with E-state index in [0.717, 1.165) is 25.9 Å². The van der Waals surface area contributed by atoms with Crippen LogP contribution >= 0.6 is 0 Å². The number of nitrogens with two attached hydrogens (primary N) is 1. The second-order valence-corrected chi connectivity index (χ2v) is 7.58. The number of ether oxygens (including phenoxy) is 2. The van der Waals surface area contributed by atoms with Crippen LogP contribution in [0.4, 0.5) is 5.69 Å². The number of nitrogens with zero attached hydrogens (tertiary/aromatic N) is 1. The molecule has 1 aliphatic heterocycles. The summed E-state index contributed by atoms with van der Waals surface area (Å²) >= 11 is 0. The molecular weight excluding hydrogens is 364 g/mol. The van der Waals surface area contributed by atoms with Crippen molar-refractivity contribution in [1.29, 1.82) is 0 Å². The summed E-state index contributed by atoms with van der Waals surface area (Å²) in [6, 6.07) is 4.08. The number of non-ortho nitro benzene ring substituents is 1. The Morgan fingerprint density at radius 1 is 1.25 bits per heavy atom. The van der Waals surface area contributed by atoms with E-state index in [-0.39, 0.29) is 36.7 Å². The predicted octanol–water partition coefficient (Wildman–Crippen LogP) is 2.00. The standard InChI is InChI=1S/C20H28N2O6/c1-4-27-19(24)15-11-14(12-17(13-15)22(25)26)5-6-18(23)28-20(2,3)16-7-9-21-10-8-16/h11-13,16,21H,4-10H2,1-3H3/p+1. The summed E-state index contributed by atoms with van der Waals surface area (Å²) in [5.41, 5.74) is -0.102. The number of hydrogen-bond acceptors (Lipinski definition) is 6. The number of quaternary nitrogens is 1. The minimum absolute atomic E-state index is 0.0890. The molecule has 1 aromatic carbocycles. The lowest BCUT2D eigenvalue weighted by Crippen LogP contribution is -2.86. The Bertz CT molecular complexity index is 725. The largest absolute Gasteiger partial charge is 0.462 e. The van der Waals surface area contributed by atoms with Gasteiger partial charge < -0.3 is 14.8 Å². The van der Waals surface area contributed by atoms with Gasteiger partial charge in [0.25, 0.3) is 5.69 Å². The lowest BCUT2D eigenvalue weighted by Gasteiger charge is -2.35. The third-order valence-corrected chi connectivity index (χ3v) is 5.12. The van der Waals surface area contributed by atoms with Crippen molar-refractivity contribution in [2.24, 2.45) is 5.92 Å². The predicted molar refractivity (Wildman–Crippen MR) is 102 cm³/mol. The summed E-state index contributed by atoms with van der Waals surface area (Å²) in [7, 11) is 0. The highest BCUT2D eigenvalue weighted by molar-refractivity contribution is 5.90. The van der Waals surface area contributed by atoms with Gasteiger partial charge in [0, 0.05) is 37.3 Å². The van der Waals surface area contributed by atoms with E-state index in [2.05, 4.69) is 5.32 Å². The number of hydrogen-bond donors (Lipinski definition) is 1. The molecule has 0 unspecified atom stereocenters. The number of carbonyl (C=O) groups is 2. The van der Waals surface area contributed by atoms with E-state index in [4.69, 9.17) is 9.47 Å². The zero-order chi connectivity index (χ0) is 20.7. The molecule has 0 saturated carbocycles. The molecule has 8 heteroatoms. The molecule has 1 aliphatic rings. The Morgan fingerprint density at radius 3 is 2.54 bits per heavy atom. The number of aryl methyl sites for hydroxylation is 1. The van der Waals surface area contributed by atoms with Gasteiger partial charge in [-0.1, -0.05) is 0 Å². The molecule has 0 aromatic heterocycles. The topological polar surface area (TPSA) is 112 Å². The Kier molecular flexibility index (Phi) is 7.51. The summed E-state index contributed by atoms with van der Waals surface area (Å²) in [6.07, 6.45) is 2.36. The van der Waals surface area contributed by atoms with Crippen LogP contribution in [0.2, 0.25) is 0 Å². The summed E-state index contributed by atoms with van der Waals surface area (Å²) in [4.78, 5) is 34.9. The van der Waals surface area contributed by atoms with Gasteiger partial charge in [0.1, 0.15) is 5.60 Å². The van der Waals surface area contributed by atoms with Gasteiger partial charge in [-0.3, -0.25) is 14.9 Å². The highest BCUT2D eigenvalue weighted by Crippen LogP contribution is 2.28. The first-order chi connectivity index (χ1) is 13.2. The van der Waals surface area contributed by atoms with Crippen molar-refractivity contribution >= 4 is 17.6 Å². The molecule has 0 aliphatic carbocycles. The van der Waals surface area contributed by atoms with Crippen LogP contribution in [0, 0.1) is 16.0 Å². The van der Waals surface area contributed by atoms with E-state index in [1.165, 1.54) is 18.2 Å². The fourth-order valence-corrected chi connectivity index (χ4v) is 3.55. The molecule has 0 radical (unpaired) electrons. The monoisotopic (exact) mass is 393 g/mol. The highest BCUT2D eigenvalue weighted by atomic mass is 16.6. The number of esters is 2. The zero-order valence-electron chi connectivity index (χ0n) is 16.7. The molecule has 1 heterocycles. The molecule has 1 saturated heterocycles. The van der Waals surface area contributed by atoms with Crippen molar-refractivity contribution in [3.63, 3.8) is 0 Å². The second-order valence-electron chi connectivity index (χ2n) is 7.58. The molecule has 154 valence electrons. The number of carbonyl (C=O) groups excluding carboxylic acids is 2. The summed E-state index contributed by atoms with van der Waals surface area (Å²) in [5.74, 6) is -0.635. The molecule has 2 rings (SSSR count). The van der Waals surface area contributed by atoms with E-state index in [9.17, 15) is 19.7 Å². The number of nitro benzene ring substituents is 1. The van der Waals surface area contributed by atoms with Crippen LogP contribution in [-0.2, 0) is 20.7 Å². The molecule has 0 atom stereocenters. The maximum Gasteiger partial charge on any atom is 0.338 e. The van der Waals surface area contributed by atoms with E-state index in [0.29, 0.717) is 11.5 Å². The Labute approximate surface area is 164 Å². The van der Waals surface area contributed by atoms with Crippen LogP contribution in [0.1, 0.15) is 56.0 Å². The van der Waals surface area contributed by atoms with Crippen molar-refractivity contribution in [3.8, 4) is 0 Å². The average molecular weight is 393 g/mol. The van der Waals surface area contributed by atoms with Crippen molar-refractivity contribution in [3.05, 3.63) is 39.4 Å². The summed E-state index contributed by atoms with van der Waals surface area (Å²) in [6.45, 7) is 7.79. The first kappa shape index (κ1) is 21.8. The summed E-state index contributed by atoms with van der Waals surface area (Å²) in [5, 5.41) is 13.4. The van der Waals surface area contributed by atoms with Gasteiger partial charge in [0.15, 0.2) is 0 Å². The molecule has 0 bridgehead atoms. The second kappa shape index (κ2) is 9.64. The van der Waals surface area contributed by atoms with Crippen LogP contribution in [0.15, 0.2) is 18.2 Å². The first-order valence-corrected chi connectivity index (χ1v) is 9.72. The Hall–Kier alpha value is -2.48. The van der Waals surface area contributed by atoms with Gasteiger partial charge in [0.05, 0.1) is 30.2 Å². The molecule has 2 N–H and O–H groups in total. The van der Waals surface area contributed by atoms with Crippen molar-refractivity contribution < 1.29 is 29.3 Å². The molecule has 28 heavy (non-hydrogen) atoms. The minimum atomic E-state index is -0.620. The molecule has 8 nitrogen and oxygen atoms in total. The zero-order valence-corrected chi connectivity index (χ0v) is 16.7. The molecular formula is C20H29N2O6+. The Morgan fingerprint density at radius 2 is 1.93 bits per heavy atom. The van der Waals surface area contributed by atoms with Crippen LogP contribution in [0.25, 0.3) is 0 Å². The van der Waals surface area contributed by atoms with Gasteiger partial charge in [-0.15, -0.1) is 0 Å². The van der Waals surface area contributed by atoms with Crippen LogP contribution in [0.3, 0.4) is 0 Å². The maximum atomic E-state index is 12.4. The molecule has 1 aromatic rings. The van der Waals surface area contributed by atoms with Gasteiger partial charge in [0.2, 0.25) is 0 Å². The van der Waals surface area contributed by atoms with E-state index in [1.807, 2.05) is 13.8 Å². The third kappa shape index (κ3) is 6.02. The highest BCUT2D eigenvalue weighted by Gasteiger charge is 2.35.